The minimum absolute atomic E-state index is 0.130. The number of fused-ring (bicyclic) bond motifs is 3. The molecule has 0 bridgehead atoms. The fourth-order valence-corrected chi connectivity index (χ4v) is 3.43. The summed E-state index contributed by atoms with van der Waals surface area (Å²) in [4.78, 5) is 22.8. The molecule has 106 valence electrons. The van der Waals surface area contributed by atoms with Crippen LogP contribution in [0.4, 0.5) is 0 Å². The maximum Gasteiger partial charge on any atom is 0.307 e. The molecule has 5 heteroatoms. The second kappa shape index (κ2) is 4.51. The van der Waals surface area contributed by atoms with Gasteiger partial charge in [-0.3, -0.25) is 9.59 Å². The Morgan fingerprint density at radius 3 is 3.05 bits per heavy atom. The van der Waals surface area contributed by atoms with E-state index in [2.05, 4.69) is 0 Å². The molecule has 20 heavy (non-hydrogen) atoms. The molecule has 1 heterocycles. The van der Waals surface area contributed by atoms with Gasteiger partial charge in [-0.05, 0) is 36.1 Å². The van der Waals surface area contributed by atoms with E-state index >= 15 is 0 Å². The molecule has 1 aliphatic heterocycles. The number of hydrogen-bond acceptors (Lipinski definition) is 4. The first-order valence-corrected chi connectivity index (χ1v) is 6.64. The lowest BCUT2D eigenvalue weighted by atomic mass is 9.70. The molecule has 1 aliphatic carbocycles. The molecule has 0 aromatic heterocycles. The van der Waals surface area contributed by atoms with Crippen LogP contribution in [0.1, 0.15) is 36.3 Å². The number of rotatable bonds is 3. The smallest absolute Gasteiger partial charge is 0.307 e. The molecular weight excluding hydrogens is 260 g/mol. The Balaban J connectivity index is 2.03. The fraction of sp³-hybridized carbons (Fsp3) is 0.467. The first-order valence-electron chi connectivity index (χ1n) is 6.64. The van der Waals surface area contributed by atoms with Gasteiger partial charge in [0.05, 0.1) is 20.0 Å². The maximum atomic E-state index is 11.7. The molecule has 0 amide bonds. The van der Waals surface area contributed by atoms with E-state index in [1.165, 1.54) is 0 Å². The number of methoxy groups -OCH3 is 1. The Labute approximate surface area is 116 Å². The molecular formula is C15H16O5. The second-order valence-corrected chi connectivity index (χ2v) is 5.43. The van der Waals surface area contributed by atoms with Crippen molar-refractivity contribution in [3.63, 3.8) is 0 Å². The number of carboxylic acids is 1. The van der Waals surface area contributed by atoms with E-state index in [4.69, 9.17) is 14.6 Å². The van der Waals surface area contributed by atoms with Crippen molar-refractivity contribution in [3.05, 3.63) is 29.3 Å². The molecule has 1 saturated heterocycles. The Morgan fingerprint density at radius 1 is 1.55 bits per heavy atom. The summed E-state index contributed by atoms with van der Waals surface area (Å²) in [5, 5.41) is 9.11. The average Bonchev–Trinajstić information content (AvgIpc) is 2.73. The van der Waals surface area contributed by atoms with E-state index in [9.17, 15) is 9.59 Å². The first kappa shape index (κ1) is 13.0. The van der Waals surface area contributed by atoms with Crippen molar-refractivity contribution in [2.75, 3.05) is 7.11 Å². The van der Waals surface area contributed by atoms with Gasteiger partial charge < -0.3 is 14.6 Å². The highest BCUT2D eigenvalue weighted by molar-refractivity contribution is 5.78. The highest BCUT2D eigenvalue weighted by atomic mass is 16.6. The van der Waals surface area contributed by atoms with Crippen LogP contribution in [0.25, 0.3) is 0 Å². The fourth-order valence-electron chi connectivity index (χ4n) is 3.43. The standard InChI is InChI=1S/C15H16O5/c1-19-10-2-3-11-9(6-10)4-5-15(8-13(16)17)12(11)7-14(18)20-15/h2-3,6,12H,4-5,7-8H2,1H3,(H,16,17). The Kier molecular flexibility index (Phi) is 2.92. The van der Waals surface area contributed by atoms with E-state index in [1.807, 2.05) is 18.2 Å². The van der Waals surface area contributed by atoms with Gasteiger partial charge in [-0.25, -0.2) is 0 Å². The molecule has 1 aromatic carbocycles. The average molecular weight is 276 g/mol. The summed E-state index contributed by atoms with van der Waals surface area (Å²) in [6.07, 6.45) is 1.38. The molecule has 2 atom stereocenters. The third-order valence-electron chi connectivity index (χ3n) is 4.32. The van der Waals surface area contributed by atoms with Crippen LogP contribution in [0, 0.1) is 0 Å². The molecule has 2 unspecified atom stereocenters. The zero-order valence-electron chi connectivity index (χ0n) is 11.2. The minimum Gasteiger partial charge on any atom is -0.497 e. The van der Waals surface area contributed by atoms with Gasteiger partial charge >= 0.3 is 11.9 Å². The van der Waals surface area contributed by atoms with Crippen LogP contribution in [0.3, 0.4) is 0 Å². The summed E-state index contributed by atoms with van der Waals surface area (Å²) >= 11 is 0. The number of carbonyl (C=O) groups excluding carboxylic acids is 1. The quantitative estimate of drug-likeness (QED) is 0.853. The highest BCUT2D eigenvalue weighted by Crippen LogP contribution is 2.50. The molecule has 5 nitrogen and oxygen atoms in total. The predicted molar refractivity (Wildman–Crippen MR) is 69.7 cm³/mol. The van der Waals surface area contributed by atoms with Gasteiger partial charge in [-0.15, -0.1) is 0 Å². The molecule has 1 fully saturated rings. The Morgan fingerprint density at radius 2 is 2.35 bits per heavy atom. The van der Waals surface area contributed by atoms with Crippen LogP contribution in [0.2, 0.25) is 0 Å². The van der Waals surface area contributed by atoms with Crippen LogP contribution >= 0.6 is 0 Å². The van der Waals surface area contributed by atoms with Crippen molar-refractivity contribution in [1.29, 1.82) is 0 Å². The van der Waals surface area contributed by atoms with E-state index in [1.54, 1.807) is 7.11 Å². The number of carbonyl (C=O) groups is 2. The van der Waals surface area contributed by atoms with Crippen molar-refractivity contribution in [2.24, 2.45) is 0 Å². The molecule has 1 aromatic rings. The molecule has 0 radical (unpaired) electrons. The zero-order valence-corrected chi connectivity index (χ0v) is 11.2. The molecule has 0 saturated carbocycles. The number of aryl methyl sites for hydroxylation is 1. The topological polar surface area (TPSA) is 72.8 Å². The van der Waals surface area contributed by atoms with E-state index < -0.39 is 11.6 Å². The summed E-state index contributed by atoms with van der Waals surface area (Å²) in [6, 6.07) is 5.73. The van der Waals surface area contributed by atoms with Gasteiger partial charge in [-0.2, -0.15) is 0 Å². The van der Waals surface area contributed by atoms with Crippen LogP contribution in [-0.4, -0.2) is 29.8 Å². The third kappa shape index (κ3) is 1.94. The van der Waals surface area contributed by atoms with Gasteiger partial charge in [0, 0.05) is 5.92 Å². The number of ether oxygens (including phenoxy) is 2. The second-order valence-electron chi connectivity index (χ2n) is 5.43. The summed E-state index contributed by atoms with van der Waals surface area (Å²) in [5.41, 5.74) is 1.27. The van der Waals surface area contributed by atoms with Crippen molar-refractivity contribution >= 4 is 11.9 Å². The van der Waals surface area contributed by atoms with Crippen molar-refractivity contribution < 1.29 is 24.2 Å². The van der Waals surface area contributed by atoms with Crippen LogP contribution in [-0.2, 0) is 20.7 Å². The molecule has 0 spiro atoms. The molecule has 2 aliphatic rings. The maximum absolute atomic E-state index is 11.7. The van der Waals surface area contributed by atoms with Gasteiger partial charge in [0.1, 0.15) is 11.4 Å². The van der Waals surface area contributed by atoms with Crippen LogP contribution in [0.5, 0.6) is 5.75 Å². The van der Waals surface area contributed by atoms with Gasteiger partial charge in [0.25, 0.3) is 0 Å². The number of benzene rings is 1. The lowest BCUT2D eigenvalue weighted by Gasteiger charge is -2.37. The zero-order chi connectivity index (χ0) is 14.3. The minimum atomic E-state index is -0.929. The summed E-state index contributed by atoms with van der Waals surface area (Å²) in [6.45, 7) is 0. The monoisotopic (exact) mass is 276 g/mol. The van der Waals surface area contributed by atoms with Crippen molar-refractivity contribution in [2.45, 2.75) is 37.2 Å². The Bertz CT molecular complexity index is 580. The summed E-state index contributed by atoms with van der Waals surface area (Å²) in [7, 11) is 1.61. The van der Waals surface area contributed by atoms with Gasteiger partial charge in [0.15, 0.2) is 0 Å². The van der Waals surface area contributed by atoms with E-state index in [0.717, 1.165) is 16.9 Å². The van der Waals surface area contributed by atoms with E-state index in [0.29, 0.717) is 12.8 Å². The molecule has 3 rings (SSSR count). The van der Waals surface area contributed by atoms with Crippen molar-refractivity contribution in [3.8, 4) is 5.75 Å². The first-order chi connectivity index (χ1) is 9.54. The number of esters is 1. The lowest BCUT2D eigenvalue weighted by molar-refractivity contribution is -0.156. The lowest BCUT2D eigenvalue weighted by Crippen LogP contribution is -2.40. The summed E-state index contributed by atoms with van der Waals surface area (Å²) < 4.78 is 10.6. The number of aliphatic carboxylic acids is 1. The normalized spacial score (nSPS) is 27.4. The highest BCUT2D eigenvalue weighted by Gasteiger charge is 2.53. The van der Waals surface area contributed by atoms with E-state index in [-0.39, 0.29) is 24.7 Å². The number of carboxylic acid groups (broad SMARTS) is 1. The van der Waals surface area contributed by atoms with Crippen molar-refractivity contribution in [1.82, 2.24) is 0 Å². The third-order valence-corrected chi connectivity index (χ3v) is 4.32. The van der Waals surface area contributed by atoms with Gasteiger partial charge in [-0.1, -0.05) is 6.07 Å². The summed E-state index contributed by atoms with van der Waals surface area (Å²) in [5.74, 6) is -0.623. The van der Waals surface area contributed by atoms with Crippen LogP contribution in [0.15, 0.2) is 18.2 Å². The largest absolute Gasteiger partial charge is 0.497 e. The SMILES string of the molecule is COc1ccc2c(c1)CCC1(CC(=O)O)OC(=O)CC21. The Hall–Kier alpha value is -2.04. The molecule has 1 N–H and O–H groups in total. The van der Waals surface area contributed by atoms with Crippen LogP contribution < -0.4 is 4.74 Å². The van der Waals surface area contributed by atoms with Gasteiger partial charge in [0.2, 0.25) is 0 Å². The predicted octanol–water partition coefficient (Wildman–Crippen LogP) is 1.89. The number of hydrogen-bond donors (Lipinski definition) is 1.